The number of guanidine groups is 1. The molecule has 0 aliphatic heterocycles. The van der Waals surface area contributed by atoms with Crippen LogP contribution in [0.25, 0.3) is 0 Å². The van der Waals surface area contributed by atoms with Crippen LogP contribution in [0.3, 0.4) is 0 Å². The van der Waals surface area contributed by atoms with Gasteiger partial charge in [0, 0.05) is 18.8 Å². The van der Waals surface area contributed by atoms with Crippen LogP contribution in [0, 0.1) is 5.92 Å². The number of nitrogens with one attached hydrogen (secondary N) is 3. The molecule has 146 valence electrons. The van der Waals surface area contributed by atoms with Crippen LogP contribution in [-0.4, -0.2) is 25.0 Å². The van der Waals surface area contributed by atoms with E-state index in [2.05, 4.69) is 41.7 Å². The number of anilines is 1. The second kappa shape index (κ2) is 11.1. The number of rotatable bonds is 9. The van der Waals surface area contributed by atoms with Crippen molar-refractivity contribution in [2.75, 3.05) is 18.4 Å². The van der Waals surface area contributed by atoms with E-state index >= 15 is 0 Å². The third-order valence-corrected chi connectivity index (χ3v) is 4.43. The number of hydrogen-bond acceptors (Lipinski definition) is 3. The molecule has 1 aromatic carbocycles. The third kappa shape index (κ3) is 6.81. The van der Waals surface area contributed by atoms with Gasteiger partial charge in [0.2, 0.25) is 0 Å². The maximum Gasteiger partial charge on any atom is 0.291 e. The van der Waals surface area contributed by atoms with Crippen LogP contribution in [0.15, 0.2) is 52.1 Å². The minimum absolute atomic E-state index is 0.259. The van der Waals surface area contributed by atoms with Gasteiger partial charge in [-0.05, 0) is 42.7 Å². The van der Waals surface area contributed by atoms with Gasteiger partial charge in [0.05, 0.1) is 12.8 Å². The number of carbonyl (C=O) groups is 1. The standard InChI is InChI=1S/C21H30N4O2/c1-4-16(5-2)14-23-21(22-6-3)24-15-17-9-11-18(12-10-17)25-20(26)19-8-7-13-27-19/h7-13,16H,4-6,14-15H2,1-3H3,(H,25,26)(H2,22,23,24). The second-order valence-electron chi connectivity index (χ2n) is 6.39. The first kappa shape index (κ1) is 20.6. The summed E-state index contributed by atoms with van der Waals surface area (Å²) in [5.41, 5.74) is 1.80. The Hall–Kier alpha value is -2.76. The molecule has 0 unspecified atom stereocenters. The fourth-order valence-corrected chi connectivity index (χ4v) is 2.62. The summed E-state index contributed by atoms with van der Waals surface area (Å²) in [5.74, 6) is 1.53. The minimum atomic E-state index is -0.259. The number of nitrogens with zero attached hydrogens (tertiary/aromatic N) is 1. The maximum absolute atomic E-state index is 12.0. The van der Waals surface area contributed by atoms with Crippen molar-refractivity contribution >= 4 is 17.6 Å². The molecule has 0 spiro atoms. The molecule has 0 saturated carbocycles. The Morgan fingerprint density at radius 3 is 2.41 bits per heavy atom. The fourth-order valence-electron chi connectivity index (χ4n) is 2.62. The van der Waals surface area contributed by atoms with Gasteiger partial charge < -0.3 is 20.4 Å². The molecule has 6 heteroatoms. The predicted octanol–water partition coefficient (Wildman–Crippen LogP) is 4.02. The van der Waals surface area contributed by atoms with E-state index in [-0.39, 0.29) is 5.91 Å². The van der Waals surface area contributed by atoms with Gasteiger partial charge in [0.15, 0.2) is 11.7 Å². The number of benzene rings is 1. The van der Waals surface area contributed by atoms with Gasteiger partial charge in [-0.15, -0.1) is 0 Å². The molecule has 0 aliphatic rings. The van der Waals surface area contributed by atoms with Crippen molar-refractivity contribution in [3.63, 3.8) is 0 Å². The van der Waals surface area contributed by atoms with E-state index < -0.39 is 0 Å². The Morgan fingerprint density at radius 2 is 1.81 bits per heavy atom. The van der Waals surface area contributed by atoms with Gasteiger partial charge in [-0.3, -0.25) is 4.79 Å². The summed E-state index contributed by atoms with van der Waals surface area (Å²) >= 11 is 0. The molecule has 0 fully saturated rings. The van der Waals surface area contributed by atoms with Crippen LogP contribution >= 0.6 is 0 Å². The lowest BCUT2D eigenvalue weighted by Gasteiger charge is -2.16. The Bertz CT molecular complexity index is 704. The van der Waals surface area contributed by atoms with Crippen molar-refractivity contribution in [1.29, 1.82) is 0 Å². The Labute approximate surface area is 161 Å². The van der Waals surface area contributed by atoms with Crippen molar-refractivity contribution in [3.05, 3.63) is 54.0 Å². The van der Waals surface area contributed by atoms with E-state index in [0.29, 0.717) is 18.2 Å². The van der Waals surface area contributed by atoms with E-state index in [4.69, 9.17) is 4.42 Å². The predicted molar refractivity (Wildman–Crippen MR) is 110 cm³/mol. The highest BCUT2D eigenvalue weighted by atomic mass is 16.3. The van der Waals surface area contributed by atoms with Crippen molar-refractivity contribution in [3.8, 4) is 0 Å². The number of amides is 1. The zero-order valence-electron chi connectivity index (χ0n) is 16.4. The fraction of sp³-hybridized carbons (Fsp3) is 0.429. The summed E-state index contributed by atoms with van der Waals surface area (Å²) in [6, 6.07) is 11.0. The lowest BCUT2D eigenvalue weighted by molar-refractivity contribution is 0.0996. The monoisotopic (exact) mass is 370 g/mol. The van der Waals surface area contributed by atoms with E-state index in [0.717, 1.165) is 43.1 Å². The molecule has 0 bridgehead atoms. The quantitative estimate of drug-likeness (QED) is 0.460. The molecule has 0 saturated heterocycles. The van der Waals surface area contributed by atoms with Gasteiger partial charge in [-0.25, -0.2) is 4.99 Å². The second-order valence-corrected chi connectivity index (χ2v) is 6.39. The molecule has 2 aromatic rings. The lowest BCUT2D eigenvalue weighted by Crippen LogP contribution is -2.39. The third-order valence-electron chi connectivity index (χ3n) is 4.43. The highest BCUT2D eigenvalue weighted by Gasteiger charge is 2.08. The first-order chi connectivity index (χ1) is 13.2. The molecular formula is C21H30N4O2. The summed E-state index contributed by atoms with van der Waals surface area (Å²) < 4.78 is 5.09. The summed E-state index contributed by atoms with van der Waals surface area (Å²) in [4.78, 5) is 16.6. The van der Waals surface area contributed by atoms with Gasteiger partial charge in [0.1, 0.15) is 0 Å². The zero-order valence-corrected chi connectivity index (χ0v) is 16.4. The molecule has 1 amide bonds. The number of carbonyl (C=O) groups excluding carboxylic acids is 1. The normalized spacial score (nSPS) is 11.5. The molecule has 0 atom stereocenters. The molecule has 1 aromatic heterocycles. The van der Waals surface area contributed by atoms with Gasteiger partial charge >= 0.3 is 0 Å². The minimum Gasteiger partial charge on any atom is -0.459 e. The Kier molecular flexibility index (Phi) is 8.42. The maximum atomic E-state index is 12.0. The number of hydrogen-bond donors (Lipinski definition) is 3. The van der Waals surface area contributed by atoms with Crippen LogP contribution in [-0.2, 0) is 6.54 Å². The van der Waals surface area contributed by atoms with Crippen LogP contribution < -0.4 is 16.0 Å². The first-order valence-corrected chi connectivity index (χ1v) is 9.62. The van der Waals surface area contributed by atoms with E-state index in [1.54, 1.807) is 12.1 Å². The van der Waals surface area contributed by atoms with Gasteiger partial charge in [-0.2, -0.15) is 0 Å². The number of aliphatic imine (C=N–C) groups is 1. The average Bonchev–Trinajstić information content (AvgIpc) is 3.23. The van der Waals surface area contributed by atoms with Crippen molar-refractivity contribution in [2.45, 2.75) is 40.2 Å². The highest BCUT2D eigenvalue weighted by Crippen LogP contribution is 2.12. The van der Waals surface area contributed by atoms with Crippen molar-refractivity contribution in [2.24, 2.45) is 10.9 Å². The summed E-state index contributed by atoms with van der Waals surface area (Å²) in [5, 5.41) is 9.51. The van der Waals surface area contributed by atoms with Gasteiger partial charge in [-0.1, -0.05) is 38.8 Å². The van der Waals surface area contributed by atoms with E-state index in [1.165, 1.54) is 6.26 Å². The molecule has 6 nitrogen and oxygen atoms in total. The molecule has 0 aliphatic carbocycles. The van der Waals surface area contributed by atoms with E-state index in [9.17, 15) is 4.79 Å². The van der Waals surface area contributed by atoms with Gasteiger partial charge in [0.25, 0.3) is 5.91 Å². The largest absolute Gasteiger partial charge is 0.459 e. The Morgan fingerprint density at radius 1 is 1.07 bits per heavy atom. The number of furan rings is 1. The zero-order chi connectivity index (χ0) is 19.5. The van der Waals surface area contributed by atoms with E-state index in [1.807, 2.05) is 24.3 Å². The average molecular weight is 370 g/mol. The molecular weight excluding hydrogens is 340 g/mol. The molecule has 2 rings (SSSR count). The molecule has 1 heterocycles. The molecule has 0 radical (unpaired) electrons. The van der Waals surface area contributed by atoms with Crippen molar-refractivity contribution in [1.82, 2.24) is 10.6 Å². The Balaban J connectivity index is 1.91. The first-order valence-electron chi connectivity index (χ1n) is 9.62. The SMILES string of the molecule is CCNC(=NCc1ccc(NC(=O)c2ccco2)cc1)NCC(CC)CC. The van der Waals surface area contributed by atoms with Crippen LogP contribution in [0.4, 0.5) is 5.69 Å². The molecule has 3 N–H and O–H groups in total. The smallest absolute Gasteiger partial charge is 0.291 e. The summed E-state index contributed by atoms with van der Waals surface area (Å²) in [6.07, 6.45) is 3.80. The van der Waals surface area contributed by atoms with Crippen LogP contribution in [0.5, 0.6) is 0 Å². The van der Waals surface area contributed by atoms with Crippen molar-refractivity contribution < 1.29 is 9.21 Å². The summed E-state index contributed by atoms with van der Waals surface area (Å²) in [6.45, 7) is 8.82. The highest BCUT2D eigenvalue weighted by molar-refractivity contribution is 6.02. The molecule has 27 heavy (non-hydrogen) atoms. The summed E-state index contributed by atoms with van der Waals surface area (Å²) in [7, 11) is 0. The lowest BCUT2D eigenvalue weighted by atomic mass is 10.0. The topological polar surface area (TPSA) is 78.7 Å². The van der Waals surface area contributed by atoms with Crippen LogP contribution in [0.2, 0.25) is 0 Å². The van der Waals surface area contributed by atoms with Crippen LogP contribution in [0.1, 0.15) is 49.7 Å².